The molecule has 0 spiro atoms. The van der Waals surface area contributed by atoms with Crippen LogP contribution in [0.2, 0.25) is 0 Å². The molecule has 13 heavy (non-hydrogen) atoms. The number of aromatic nitrogens is 1. The molecule has 0 N–H and O–H groups in total. The molecule has 0 bridgehead atoms. The van der Waals surface area contributed by atoms with Crippen molar-refractivity contribution < 1.29 is 0 Å². The SMILES string of the molecule is c1ccc2cc(C3CC3)nc-2cc1. The van der Waals surface area contributed by atoms with Crippen molar-refractivity contribution in [1.82, 2.24) is 4.98 Å². The van der Waals surface area contributed by atoms with E-state index in [-0.39, 0.29) is 0 Å². The second kappa shape index (κ2) is 2.56. The van der Waals surface area contributed by atoms with Gasteiger partial charge in [0.05, 0.1) is 5.69 Å². The quantitative estimate of drug-likeness (QED) is 0.639. The fraction of sp³-hybridized carbons (Fsp3) is 0.250. The summed E-state index contributed by atoms with van der Waals surface area (Å²) in [6.07, 6.45) is 2.66. The highest BCUT2D eigenvalue weighted by Crippen LogP contribution is 2.41. The van der Waals surface area contributed by atoms with Crippen LogP contribution in [0.25, 0.3) is 11.3 Å². The Morgan fingerprint density at radius 2 is 1.92 bits per heavy atom. The van der Waals surface area contributed by atoms with Gasteiger partial charge in [0.2, 0.25) is 0 Å². The molecular weight excluding hydrogens is 158 g/mol. The summed E-state index contributed by atoms with van der Waals surface area (Å²) in [6.45, 7) is 0. The lowest BCUT2D eigenvalue weighted by Gasteiger charge is -1.84. The van der Waals surface area contributed by atoms with E-state index in [4.69, 9.17) is 0 Å². The summed E-state index contributed by atoms with van der Waals surface area (Å²) >= 11 is 0. The third kappa shape index (κ3) is 1.21. The van der Waals surface area contributed by atoms with Gasteiger partial charge in [-0.05, 0) is 25.0 Å². The van der Waals surface area contributed by atoms with Crippen LogP contribution < -0.4 is 0 Å². The van der Waals surface area contributed by atoms with Gasteiger partial charge in [-0.2, -0.15) is 0 Å². The number of hydrogen-bond donors (Lipinski definition) is 0. The summed E-state index contributed by atoms with van der Waals surface area (Å²) in [5, 5.41) is 0. The fourth-order valence-electron chi connectivity index (χ4n) is 1.69. The normalized spacial score (nSPS) is 16.3. The summed E-state index contributed by atoms with van der Waals surface area (Å²) in [6, 6.07) is 12.6. The topological polar surface area (TPSA) is 12.9 Å². The molecule has 0 aromatic carbocycles. The van der Waals surface area contributed by atoms with Gasteiger partial charge in [0.25, 0.3) is 0 Å². The van der Waals surface area contributed by atoms with Crippen molar-refractivity contribution in [3.63, 3.8) is 0 Å². The maximum atomic E-state index is 4.61. The predicted octanol–water partition coefficient (Wildman–Crippen LogP) is 3.06. The first-order valence-electron chi connectivity index (χ1n) is 4.79. The largest absolute Gasteiger partial charge is 0.253 e. The summed E-state index contributed by atoms with van der Waals surface area (Å²) < 4.78 is 0. The van der Waals surface area contributed by atoms with Crippen molar-refractivity contribution in [3.8, 4) is 11.3 Å². The van der Waals surface area contributed by atoms with Gasteiger partial charge in [0.15, 0.2) is 0 Å². The molecule has 1 saturated carbocycles. The Morgan fingerprint density at radius 3 is 2.77 bits per heavy atom. The maximum absolute atomic E-state index is 4.61. The number of rotatable bonds is 1. The predicted molar refractivity (Wildman–Crippen MR) is 52.8 cm³/mol. The lowest BCUT2D eigenvalue weighted by Crippen LogP contribution is -1.75. The van der Waals surface area contributed by atoms with Crippen LogP contribution in [0.3, 0.4) is 0 Å². The molecule has 0 amide bonds. The maximum Gasteiger partial charge on any atom is 0.0706 e. The Kier molecular flexibility index (Phi) is 1.39. The third-order valence-electron chi connectivity index (χ3n) is 2.60. The summed E-state index contributed by atoms with van der Waals surface area (Å²) in [7, 11) is 0. The standard InChI is InChI=1S/C12H11N/c1-2-4-10-8-12(9-6-7-9)13-11(10)5-3-1/h1-5,8-9H,6-7H2. The van der Waals surface area contributed by atoms with Crippen molar-refractivity contribution in [2.75, 3.05) is 0 Å². The lowest BCUT2D eigenvalue weighted by molar-refractivity contribution is 1.06. The lowest BCUT2D eigenvalue weighted by atomic mass is 10.2. The first kappa shape index (κ1) is 7.07. The van der Waals surface area contributed by atoms with Crippen LogP contribution in [0.5, 0.6) is 0 Å². The van der Waals surface area contributed by atoms with Gasteiger partial charge >= 0.3 is 0 Å². The molecule has 0 aromatic heterocycles. The first-order chi connectivity index (χ1) is 6.43. The van der Waals surface area contributed by atoms with E-state index in [9.17, 15) is 0 Å². The van der Waals surface area contributed by atoms with E-state index in [1.165, 1.54) is 24.1 Å². The molecule has 64 valence electrons. The molecule has 0 atom stereocenters. The van der Waals surface area contributed by atoms with E-state index < -0.39 is 0 Å². The molecule has 1 aliphatic heterocycles. The van der Waals surface area contributed by atoms with E-state index in [1.807, 2.05) is 12.1 Å². The number of nitrogens with zero attached hydrogens (tertiary/aromatic N) is 1. The van der Waals surface area contributed by atoms with Gasteiger partial charge in [-0.15, -0.1) is 0 Å². The van der Waals surface area contributed by atoms with Crippen LogP contribution in [0.15, 0.2) is 36.4 Å². The monoisotopic (exact) mass is 169 g/mol. The van der Waals surface area contributed by atoms with Crippen molar-refractivity contribution in [2.24, 2.45) is 0 Å². The van der Waals surface area contributed by atoms with Crippen LogP contribution in [-0.4, -0.2) is 4.98 Å². The van der Waals surface area contributed by atoms with Gasteiger partial charge < -0.3 is 0 Å². The van der Waals surface area contributed by atoms with Crippen molar-refractivity contribution in [3.05, 3.63) is 42.1 Å². The number of hydrogen-bond acceptors (Lipinski definition) is 1. The van der Waals surface area contributed by atoms with Crippen molar-refractivity contribution in [2.45, 2.75) is 18.8 Å². The smallest absolute Gasteiger partial charge is 0.0706 e. The molecule has 1 fully saturated rings. The molecule has 3 rings (SSSR count). The van der Waals surface area contributed by atoms with E-state index in [2.05, 4.69) is 29.2 Å². The third-order valence-corrected chi connectivity index (χ3v) is 2.60. The average Bonchev–Trinajstić information content (AvgIpc) is 2.93. The minimum absolute atomic E-state index is 0.762. The highest BCUT2D eigenvalue weighted by atomic mass is 14.7. The van der Waals surface area contributed by atoms with E-state index in [0.717, 1.165) is 11.6 Å². The van der Waals surface area contributed by atoms with E-state index >= 15 is 0 Å². The average molecular weight is 169 g/mol. The molecule has 3 aliphatic rings. The zero-order chi connectivity index (χ0) is 8.67. The fourth-order valence-corrected chi connectivity index (χ4v) is 1.69. The van der Waals surface area contributed by atoms with Crippen LogP contribution >= 0.6 is 0 Å². The second-order valence-electron chi connectivity index (χ2n) is 3.71. The zero-order valence-electron chi connectivity index (χ0n) is 7.40. The second-order valence-corrected chi connectivity index (χ2v) is 3.71. The summed E-state index contributed by atoms with van der Waals surface area (Å²) in [5.41, 5.74) is 3.69. The molecule has 0 aromatic rings. The summed E-state index contributed by atoms with van der Waals surface area (Å²) in [5.74, 6) is 0.762. The Morgan fingerprint density at radius 1 is 1.08 bits per heavy atom. The highest BCUT2D eigenvalue weighted by Gasteiger charge is 2.26. The van der Waals surface area contributed by atoms with Crippen molar-refractivity contribution in [1.29, 1.82) is 0 Å². The molecule has 1 heteroatoms. The highest BCUT2D eigenvalue weighted by molar-refractivity contribution is 5.62. The van der Waals surface area contributed by atoms with Crippen LogP contribution in [0, 0.1) is 0 Å². The molecule has 1 nitrogen and oxygen atoms in total. The molecule has 1 heterocycles. The van der Waals surface area contributed by atoms with Gasteiger partial charge in [0.1, 0.15) is 0 Å². The molecule has 0 saturated heterocycles. The van der Waals surface area contributed by atoms with Crippen LogP contribution in [-0.2, 0) is 0 Å². The Balaban J connectivity index is 2.17. The Labute approximate surface area is 77.8 Å². The van der Waals surface area contributed by atoms with Gasteiger partial charge in [-0.1, -0.05) is 24.3 Å². The van der Waals surface area contributed by atoms with Gasteiger partial charge in [-0.3, -0.25) is 4.98 Å². The zero-order valence-corrected chi connectivity index (χ0v) is 7.40. The van der Waals surface area contributed by atoms with Gasteiger partial charge in [-0.25, -0.2) is 0 Å². The number of fused-ring (bicyclic) bond motifs is 1. The molecule has 0 unspecified atom stereocenters. The first-order valence-corrected chi connectivity index (χ1v) is 4.79. The van der Waals surface area contributed by atoms with E-state index in [1.54, 1.807) is 0 Å². The Hall–Kier alpha value is -1.37. The molecular formula is C12H11N. The Bertz CT molecular complexity index is 373. The van der Waals surface area contributed by atoms with Gasteiger partial charge in [0, 0.05) is 17.2 Å². The molecule has 0 radical (unpaired) electrons. The summed E-state index contributed by atoms with van der Waals surface area (Å²) in [4.78, 5) is 4.61. The van der Waals surface area contributed by atoms with Crippen LogP contribution in [0.1, 0.15) is 24.5 Å². The van der Waals surface area contributed by atoms with Crippen molar-refractivity contribution >= 4 is 0 Å². The molecule has 2 aliphatic carbocycles. The minimum Gasteiger partial charge on any atom is -0.253 e. The van der Waals surface area contributed by atoms with Crippen LogP contribution in [0.4, 0.5) is 0 Å². The minimum atomic E-state index is 0.762. The van der Waals surface area contributed by atoms with E-state index in [0.29, 0.717) is 0 Å².